The maximum atomic E-state index is 14.3. The van der Waals surface area contributed by atoms with E-state index in [9.17, 15) is 14.0 Å². The highest BCUT2D eigenvalue weighted by Gasteiger charge is 2.23. The zero-order valence-corrected chi connectivity index (χ0v) is 19.1. The molecule has 5 rings (SSSR count). The number of nitrogens with zero attached hydrogens (tertiary/aromatic N) is 2. The van der Waals surface area contributed by atoms with Crippen molar-refractivity contribution in [2.24, 2.45) is 0 Å². The molecule has 2 amide bonds. The lowest BCUT2D eigenvalue weighted by Crippen LogP contribution is -2.22. The van der Waals surface area contributed by atoms with E-state index in [0.717, 1.165) is 27.2 Å². The van der Waals surface area contributed by atoms with Gasteiger partial charge in [0.1, 0.15) is 10.8 Å². The normalized spacial score (nSPS) is 12.1. The molecule has 0 aliphatic carbocycles. The van der Waals surface area contributed by atoms with Gasteiger partial charge in [-0.25, -0.2) is 9.37 Å². The van der Waals surface area contributed by atoms with Crippen LogP contribution in [0.3, 0.4) is 0 Å². The molecule has 1 aromatic heterocycles. The minimum Gasteiger partial charge on any atom is -0.347 e. The quantitative estimate of drug-likeness (QED) is 0.399. The zero-order valence-electron chi connectivity index (χ0n) is 17.5. The van der Waals surface area contributed by atoms with Gasteiger partial charge in [-0.15, -0.1) is 11.3 Å². The summed E-state index contributed by atoms with van der Waals surface area (Å²) in [5, 5.41) is 15.4. The van der Waals surface area contributed by atoms with E-state index in [1.807, 2.05) is 12.1 Å². The number of benzene rings is 3. The third-order valence-electron chi connectivity index (χ3n) is 5.15. The van der Waals surface area contributed by atoms with Crippen molar-refractivity contribution in [1.82, 2.24) is 10.3 Å². The summed E-state index contributed by atoms with van der Waals surface area (Å²) in [7, 11) is 0. The molecule has 4 aromatic rings. The largest absolute Gasteiger partial charge is 0.347 e. The summed E-state index contributed by atoms with van der Waals surface area (Å²) in [6.45, 7) is 0.293. The van der Waals surface area contributed by atoms with Gasteiger partial charge >= 0.3 is 0 Å². The first-order chi connectivity index (χ1) is 16.5. The Morgan fingerprint density at radius 2 is 1.97 bits per heavy atom. The Kier molecular flexibility index (Phi) is 5.84. The molecule has 0 bridgehead atoms. The highest BCUT2D eigenvalue weighted by Crippen LogP contribution is 2.40. The van der Waals surface area contributed by atoms with Crippen molar-refractivity contribution in [2.45, 2.75) is 16.3 Å². The summed E-state index contributed by atoms with van der Waals surface area (Å²) < 4.78 is 14.3. The third-order valence-corrected chi connectivity index (χ3v) is 7.39. The molecule has 0 saturated carbocycles. The second-order valence-corrected chi connectivity index (χ2v) is 9.55. The summed E-state index contributed by atoms with van der Waals surface area (Å²) in [6, 6.07) is 18.6. The predicted molar refractivity (Wildman–Crippen MR) is 128 cm³/mol. The topological polar surface area (TPSA) is 94.9 Å². The van der Waals surface area contributed by atoms with Gasteiger partial charge in [-0.2, -0.15) is 5.26 Å². The van der Waals surface area contributed by atoms with Crippen LogP contribution in [0.5, 0.6) is 0 Å². The lowest BCUT2D eigenvalue weighted by molar-refractivity contribution is 0.0949. The van der Waals surface area contributed by atoms with Crippen molar-refractivity contribution in [3.05, 3.63) is 94.2 Å². The van der Waals surface area contributed by atoms with Crippen LogP contribution in [0, 0.1) is 17.1 Å². The van der Waals surface area contributed by atoms with E-state index in [4.69, 9.17) is 5.26 Å². The number of amides is 2. The Labute approximate surface area is 202 Å². The van der Waals surface area contributed by atoms with Crippen molar-refractivity contribution in [1.29, 1.82) is 5.26 Å². The maximum absolute atomic E-state index is 14.3. The molecule has 0 spiro atoms. The lowest BCUT2D eigenvalue weighted by Gasteiger charge is -2.09. The molecule has 166 valence electrons. The number of aromatic nitrogens is 1. The molecule has 9 heteroatoms. The van der Waals surface area contributed by atoms with Gasteiger partial charge in [-0.3, -0.25) is 9.59 Å². The van der Waals surface area contributed by atoms with Gasteiger partial charge in [0.25, 0.3) is 11.8 Å². The first-order valence-corrected chi connectivity index (χ1v) is 11.8. The van der Waals surface area contributed by atoms with Crippen LogP contribution in [-0.2, 0) is 6.54 Å². The van der Waals surface area contributed by atoms with Crippen LogP contribution in [0.15, 0.2) is 76.7 Å². The summed E-state index contributed by atoms with van der Waals surface area (Å²) in [4.78, 5) is 31.5. The number of halogens is 1. The Balaban J connectivity index is 1.29. The van der Waals surface area contributed by atoms with E-state index in [-0.39, 0.29) is 16.4 Å². The number of carbonyl (C=O) groups excluding carboxylic acids is 2. The van der Waals surface area contributed by atoms with Crippen LogP contribution in [-0.4, -0.2) is 16.8 Å². The molecule has 6 nitrogen and oxygen atoms in total. The van der Waals surface area contributed by atoms with Crippen LogP contribution in [0.2, 0.25) is 0 Å². The zero-order chi connectivity index (χ0) is 23.7. The minimum absolute atomic E-state index is 0.260. The fourth-order valence-corrected chi connectivity index (χ4v) is 5.30. The molecule has 1 aliphatic heterocycles. The van der Waals surface area contributed by atoms with Gasteiger partial charge in [0.15, 0.2) is 0 Å². The van der Waals surface area contributed by atoms with Crippen molar-refractivity contribution in [2.75, 3.05) is 5.32 Å². The standard InChI is InChI=1S/C25H15FN4O2S2/c26-19-3-1-2-18-22(19)34-21-9-8-16(10-20(21)30-24(18)32)23(31)28-12-17-13-29-25(33-17)15-6-4-14(11-27)5-7-15/h1-10,13H,12H2,(H,28,31)(H,30,32). The Hall–Kier alpha value is -4.00. The molecular formula is C25H15FN4O2S2. The van der Waals surface area contributed by atoms with E-state index in [2.05, 4.69) is 21.7 Å². The SMILES string of the molecule is N#Cc1ccc(-c2ncc(CNC(=O)c3ccc4c(c3)NC(=O)c3cccc(F)c3S4)s2)cc1. The van der Waals surface area contributed by atoms with Crippen molar-refractivity contribution in [3.8, 4) is 16.6 Å². The molecule has 0 unspecified atom stereocenters. The van der Waals surface area contributed by atoms with Gasteiger partial charge < -0.3 is 10.6 Å². The second kappa shape index (κ2) is 9.09. The monoisotopic (exact) mass is 486 g/mol. The third kappa shape index (κ3) is 4.29. The van der Waals surface area contributed by atoms with Crippen LogP contribution in [0.4, 0.5) is 10.1 Å². The molecule has 1 aliphatic rings. The summed E-state index contributed by atoms with van der Waals surface area (Å²) in [5.41, 5.74) is 2.58. The van der Waals surface area contributed by atoms with Crippen molar-refractivity contribution >= 4 is 40.6 Å². The van der Waals surface area contributed by atoms with Crippen molar-refractivity contribution < 1.29 is 14.0 Å². The van der Waals surface area contributed by atoms with Crippen LogP contribution in [0.25, 0.3) is 10.6 Å². The fraction of sp³-hybridized carbons (Fsp3) is 0.0400. The van der Waals surface area contributed by atoms with Crippen molar-refractivity contribution in [3.63, 3.8) is 0 Å². The highest BCUT2D eigenvalue weighted by molar-refractivity contribution is 7.99. The maximum Gasteiger partial charge on any atom is 0.256 e. The van der Waals surface area contributed by atoms with E-state index >= 15 is 0 Å². The molecule has 2 heterocycles. The number of hydrogen-bond acceptors (Lipinski definition) is 6. The summed E-state index contributed by atoms with van der Waals surface area (Å²) in [6.07, 6.45) is 1.71. The molecule has 34 heavy (non-hydrogen) atoms. The van der Waals surface area contributed by atoms with Gasteiger partial charge in [0.2, 0.25) is 0 Å². The Bertz CT molecular complexity index is 1480. The molecule has 0 atom stereocenters. The predicted octanol–water partition coefficient (Wildman–Crippen LogP) is 5.47. The van der Waals surface area contributed by atoms with Gasteiger partial charge in [0, 0.05) is 27.1 Å². The van der Waals surface area contributed by atoms with Gasteiger partial charge in [-0.05, 0) is 42.5 Å². The molecule has 0 radical (unpaired) electrons. The average molecular weight is 487 g/mol. The van der Waals surface area contributed by atoms with E-state index in [1.54, 1.807) is 42.6 Å². The minimum atomic E-state index is -0.461. The Morgan fingerprint density at radius 3 is 2.76 bits per heavy atom. The lowest BCUT2D eigenvalue weighted by atomic mass is 10.1. The smallest absolute Gasteiger partial charge is 0.256 e. The Morgan fingerprint density at radius 1 is 1.15 bits per heavy atom. The van der Waals surface area contributed by atoms with Crippen LogP contribution < -0.4 is 10.6 Å². The number of carbonyl (C=O) groups is 2. The number of thiazole rings is 1. The van der Waals surface area contributed by atoms with E-state index in [0.29, 0.717) is 28.3 Å². The average Bonchev–Trinajstić information content (AvgIpc) is 3.28. The summed E-state index contributed by atoms with van der Waals surface area (Å²) >= 11 is 2.61. The molecule has 0 saturated heterocycles. The van der Waals surface area contributed by atoms with E-state index < -0.39 is 11.7 Å². The number of fused-ring (bicyclic) bond motifs is 2. The van der Waals surface area contributed by atoms with Gasteiger partial charge in [-0.1, -0.05) is 30.0 Å². The molecular weight excluding hydrogens is 471 g/mol. The number of rotatable bonds is 4. The first-order valence-electron chi connectivity index (χ1n) is 10.2. The number of anilines is 1. The second-order valence-electron chi connectivity index (χ2n) is 7.39. The van der Waals surface area contributed by atoms with E-state index in [1.165, 1.54) is 23.5 Å². The first kappa shape index (κ1) is 21.8. The van der Waals surface area contributed by atoms with Gasteiger partial charge in [0.05, 0.1) is 34.3 Å². The molecule has 2 N–H and O–H groups in total. The number of nitrogens with one attached hydrogen (secondary N) is 2. The van der Waals surface area contributed by atoms with Crippen LogP contribution in [0.1, 0.15) is 31.2 Å². The number of hydrogen-bond donors (Lipinski definition) is 2. The summed E-state index contributed by atoms with van der Waals surface area (Å²) in [5.74, 6) is -1.18. The molecule has 0 fully saturated rings. The fourth-order valence-electron chi connectivity index (χ4n) is 3.43. The highest BCUT2D eigenvalue weighted by atomic mass is 32.2. The molecule has 3 aromatic carbocycles. The number of nitriles is 1. The van der Waals surface area contributed by atoms with Crippen LogP contribution >= 0.6 is 23.1 Å².